The minimum atomic E-state index is 0. The van der Waals surface area contributed by atoms with Gasteiger partial charge in [0.05, 0.1) is 11.8 Å². The van der Waals surface area contributed by atoms with Gasteiger partial charge < -0.3 is 10.2 Å². The number of halogens is 1. The quantitative estimate of drug-likeness (QED) is 0.902. The Balaban J connectivity index is 0.00000200. The number of hydrogen-bond acceptors (Lipinski definition) is 3. The molecule has 6 heteroatoms. The van der Waals surface area contributed by atoms with Gasteiger partial charge in [0.15, 0.2) is 0 Å². The van der Waals surface area contributed by atoms with E-state index in [9.17, 15) is 4.79 Å². The molecule has 0 atom stereocenters. The highest BCUT2D eigenvalue weighted by molar-refractivity contribution is 5.93. The van der Waals surface area contributed by atoms with Crippen LogP contribution in [-0.4, -0.2) is 47.3 Å². The first-order valence-electron chi connectivity index (χ1n) is 7.21. The topological polar surface area (TPSA) is 50.2 Å². The van der Waals surface area contributed by atoms with Crippen molar-refractivity contribution in [1.29, 1.82) is 0 Å². The Morgan fingerprint density at radius 3 is 2.70 bits per heavy atom. The summed E-state index contributed by atoms with van der Waals surface area (Å²) in [5.41, 5.74) is 0.718. The summed E-state index contributed by atoms with van der Waals surface area (Å²) < 4.78 is 1.80. The van der Waals surface area contributed by atoms with Crippen LogP contribution in [-0.2, 0) is 6.54 Å². The third-order valence-electron chi connectivity index (χ3n) is 3.91. The third-order valence-corrected chi connectivity index (χ3v) is 3.91. The molecule has 0 radical (unpaired) electrons. The van der Waals surface area contributed by atoms with Gasteiger partial charge in [-0.3, -0.25) is 9.48 Å². The van der Waals surface area contributed by atoms with E-state index in [0.29, 0.717) is 0 Å². The summed E-state index contributed by atoms with van der Waals surface area (Å²) >= 11 is 0. The average molecular weight is 301 g/mol. The van der Waals surface area contributed by atoms with Crippen LogP contribution in [0.2, 0.25) is 0 Å². The second-order valence-electron chi connectivity index (χ2n) is 5.21. The number of aromatic nitrogens is 2. The number of carbonyl (C=O) groups is 1. The van der Waals surface area contributed by atoms with Gasteiger partial charge >= 0.3 is 0 Å². The molecular formula is C14H25ClN4O. The van der Waals surface area contributed by atoms with Crippen LogP contribution in [0.5, 0.6) is 0 Å². The van der Waals surface area contributed by atoms with Crippen molar-refractivity contribution in [3.8, 4) is 0 Å². The van der Waals surface area contributed by atoms with E-state index >= 15 is 0 Å². The lowest BCUT2D eigenvalue weighted by atomic mass is 9.93. The van der Waals surface area contributed by atoms with Crippen molar-refractivity contribution >= 4 is 18.3 Å². The van der Waals surface area contributed by atoms with E-state index in [0.717, 1.165) is 50.5 Å². The maximum Gasteiger partial charge on any atom is 0.257 e. The highest BCUT2D eigenvalue weighted by Gasteiger charge is 2.23. The number of rotatable bonds is 5. The van der Waals surface area contributed by atoms with Gasteiger partial charge in [-0.25, -0.2) is 0 Å². The van der Waals surface area contributed by atoms with Crippen LogP contribution in [0.4, 0.5) is 0 Å². The van der Waals surface area contributed by atoms with Crippen molar-refractivity contribution in [2.24, 2.45) is 5.92 Å². The van der Waals surface area contributed by atoms with Crippen molar-refractivity contribution in [2.45, 2.75) is 32.7 Å². The van der Waals surface area contributed by atoms with Gasteiger partial charge in [-0.2, -0.15) is 5.10 Å². The SMILES string of the molecule is CCn1cc(C(=O)N2CCC(CCNC)CC2)cn1.Cl. The van der Waals surface area contributed by atoms with Gasteiger partial charge in [0.25, 0.3) is 5.91 Å². The number of likely N-dealkylation sites (tertiary alicyclic amines) is 1. The molecule has 1 aliphatic rings. The van der Waals surface area contributed by atoms with Crippen LogP contribution in [0.15, 0.2) is 12.4 Å². The van der Waals surface area contributed by atoms with Crippen molar-refractivity contribution in [1.82, 2.24) is 20.0 Å². The molecule has 1 aromatic heterocycles. The highest BCUT2D eigenvalue weighted by Crippen LogP contribution is 2.21. The number of nitrogens with one attached hydrogen (secondary N) is 1. The maximum atomic E-state index is 12.3. The smallest absolute Gasteiger partial charge is 0.257 e. The molecule has 114 valence electrons. The first-order valence-corrected chi connectivity index (χ1v) is 7.21. The molecule has 0 unspecified atom stereocenters. The van der Waals surface area contributed by atoms with Gasteiger partial charge in [-0.15, -0.1) is 12.4 Å². The number of carbonyl (C=O) groups excluding carboxylic acids is 1. The molecule has 0 saturated carbocycles. The molecule has 0 aliphatic carbocycles. The predicted octanol–water partition coefficient (Wildman–Crippen LogP) is 1.79. The Labute approximate surface area is 127 Å². The van der Waals surface area contributed by atoms with Crippen LogP contribution < -0.4 is 5.32 Å². The fourth-order valence-electron chi connectivity index (χ4n) is 2.60. The fourth-order valence-corrected chi connectivity index (χ4v) is 2.60. The molecule has 0 bridgehead atoms. The highest BCUT2D eigenvalue weighted by atomic mass is 35.5. The second kappa shape index (κ2) is 8.27. The van der Waals surface area contributed by atoms with Crippen LogP contribution in [0.25, 0.3) is 0 Å². The van der Waals surface area contributed by atoms with Gasteiger partial charge in [0.2, 0.25) is 0 Å². The Kier molecular flexibility index (Phi) is 7.02. The first kappa shape index (κ1) is 17.0. The standard InChI is InChI=1S/C14H24N4O.ClH/c1-3-18-11-13(10-16-18)14(19)17-8-5-12(6-9-17)4-7-15-2;/h10-12,15H,3-9H2,1-2H3;1H. The lowest BCUT2D eigenvalue weighted by Crippen LogP contribution is -2.38. The lowest BCUT2D eigenvalue weighted by Gasteiger charge is -2.31. The third kappa shape index (κ3) is 4.21. The largest absolute Gasteiger partial charge is 0.339 e. The second-order valence-corrected chi connectivity index (χ2v) is 5.21. The van der Waals surface area contributed by atoms with E-state index < -0.39 is 0 Å². The monoisotopic (exact) mass is 300 g/mol. The summed E-state index contributed by atoms with van der Waals surface area (Å²) in [5, 5.41) is 7.36. The van der Waals surface area contributed by atoms with E-state index in [2.05, 4.69) is 10.4 Å². The van der Waals surface area contributed by atoms with Crippen LogP contribution >= 0.6 is 12.4 Å². The predicted molar refractivity (Wildman–Crippen MR) is 82.3 cm³/mol. The summed E-state index contributed by atoms with van der Waals surface area (Å²) in [6.07, 6.45) is 6.98. The van der Waals surface area contributed by atoms with Crippen LogP contribution in [0.1, 0.15) is 36.5 Å². The van der Waals surface area contributed by atoms with Crippen molar-refractivity contribution in [3.05, 3.63) is 18.0 Å². The molecule has 2 rings (SSSR count). The summed E-state index contributed by atoms with van der Waals surface area (Å²) in [7, 11) is 1.99. The van der Waals surface area contributed by atoms with Crippen LogP contribution in [0, 0.1) is 5.92 Å². The van der Waals surface area contributed by atoms with Gasteiger partial charge in [-0.05, 0) is 45.7 Å². The molecule has 1 saturated heterocycles. The van der Waals surface area contributed by atoms with Crippen LogP contribution in [0.3, 0.4) is 0 Å². The van der Waals surface area contributed by atoms with Crippen molar-refractivity contribution in [2.75, 3.05) is 26.7 Å². The average Bonchev–Trinajstić information content (AvgIpc) is 2.94. The maximum absolute atomic E-state index is 12.3. The number of amides is 1. The summed E-state index contributed by atoms with van der Waals surface area (Å²) in [5.74, 6) is 0.890. The van der Waals surface area contributed by atoms with Crippen molar-refractivity contribution in [3.63, 3.8) is 0 Å². The Hall–Kier alpha value is -1.07. The van der Waals surface area contributed by atoms with Crippen molar-refractivity contribution < 1.29 is 4.79 Å². The number of hydrogen-bond donors (Lipinski definition) is 1. The van der Waals surface area contributed by atoms with E-state index in [1.165, 1.54) is 6.42 Å². The van der Waals surface area contributed by atoms with E-state index in [-0.39, 0.29) is 18.3 Å². The molecule has 0 spiro atoms. The Morgan fingerprint density at radius 1 is 1.45 bits per heavy atom. The zero-order valence-corrected chi connectivity index (χ0v) is 13.2. The summed E-state index contributed by atoms with van der Waals surface area (Å²) in [6, 6.07) is 0. The van der Waals surface area contributed by atoms with Gasteiger partial charge in [0, 0.05) is 25.8 Å². The molecule has 1 N–H and O–H groups in total. The number of nitrogens with zero attached hydrogens (tertiary/aromatic N) is 3. The molecular weight excluding hydrogens is 276 g/mol. The Bertz CT molecular complexity index is 413. The Morgan fingerprint density at radius 2 is 2.15 bits per heavy atom. The normalized spacial score (nSPS) is 16.0. The minimum absolute atomic E-state index is 0. The van der Waals surface area contributed by atoms with E-state index in [1.807, 2.05) is 25.1 Å². The lowest BCUT2D eigenvalue weighted by molar-refractivity contribution is 0.0687. The molecule has 1 amide bonds. The molecule has 20 heavy (non-hydrogen) atoms. The molecule has 0 aromatic carbocycles. The number of aryl methyl sites for hydroxylation is 1. The zero-order chi connectivity index (χ0) is 13.7. The van der Waals surface area contributed by atoms with Gasteiger partial charge in [-0.1, -0.05) is 0 Å². The van der Waals surface area contributed by atoms with E-state index in [4.69, 9.17) is 0 Å². The zero-order valence-electron chi connectivity index (χ0n) is 12.3. The van der Waals surface area contributed by atoms with E-state index in [1.54, 1.807) is 10.9 Å². The first-order chi connectivity index (χ1) is 9.24. The minimum Gasteiger partial charge on any atom is -0.339 e. The fraction of sp³-hybridized carbons (Fsp3) is 0.714. The van der Waals surface area contributed by atoms with Gasteiger partial charge in [0.1, 0.15) is 0 Å². The number of piperidine rings is 1. The molecule has 2 heterocycles. The molecule has 1 fully saturated rings. The summed E-state index contributed by atoms with van der Waals surface area (Å²) in [4.78, 5) is 14.3. The molecule has 5 nitrogen and oxygen atoms in total. The molecule has 1 aliphatic heterocycles. The molecule has 1 aromatic rings. The summed E-state index contributed by atoms with van der Waals surface area (Å²) in [6.45, 7) is 5.66.